The monoisotopic (exact) mass is 998 g/mol. The fourth-order valence-corrected chi connectivity index (χ4v) is 10.7. The summed E-state index contributed by atoms with van der Waals surface area (Å²) in [6.07, 6.45) is 5.52. The molecule has 0 bridgehead atoms. The van der Waals surface area contributed by atoms with Crippen molar-refractivity contribution in [3.8, 4) is 5.75 Å². The van der Waals surface area contributed by atoms with E-state index in [0.717, 1.165) is 76.5 Å². The number of benzene rings is 6. The van der Waals surface area contributed by atoms with Crippen LogP contribution < -0.4 is 20.7 Å². The van der Waals surface area contributed by atoms with Gasteiger partial charge in [-0.15, -0.1) is 12.4 Å². The van der Waals surface area contributed by atoms with Gasteiger partial charge in [0.1, 0.15) is 5.75 Å². The molecule has 350 valence electrons. The molecule has 0 aliphatic heterocycles. The molecule has 3 aliphatic carbocycles. The Kier molecular flexibility index (Phi) is 14.1. The van der Waals surface area contributed by atoms with Crippen LogP contribution in [0.15, 0.2) is 150 Å². The number of para-hydroxylation sites is 3. The van der Waals surface area contributed by atoms with Gasteiger partial charge < -0.3 is 35.6 Å². The van der Waals surface area contributed by atoms with Crippen molar-refractivity contribution in [2.75, 3.05) is 23.1 Å². The third kappa shape index (κ3) is 10.1. The Bertz CT molecular complexity index is 3130. The largest absolute Gasteiger partial charge is 0.497 e. The lowest BCUT2D eigenvalue weighted by Gasteiger charge is -2.25. The number of H-pyrrole nitrogens is 3. The molecule has 3 atom stereocenters. The number of hydrogen-bond acceptors (Lipinski definition) is 4. The maximum Gasteiger partial charge on any atom is 0.416 e. The topological polar surface area (TPSA) is 92.7 Å². The second-order valence-electron chi connectivity index (χ2n) is 17.8. The first-order valence-corrected chi connectivity index (χ1v) is 24.1. The van der Waals surface area contributed by atoms with E-state index in [1.807, 2.05) is 48.5 Å². The van der Waals surface area contributed by atoms with Crippen LogP contribution in [0.4, 0.5) is 30.2 Å². The highest BCUT2D eigenvalue weighted by atomic mass is 79.9. The van der Waals surface area contributed by atoms with E-state index in [0.29, 0.717) is 17.5 Å². The van der Waals surface area contributed by atoms with E-state index in [-0.39, 0.29) is 18.4 Å². The van der Waals surface area contributed by atoms with E-state index in [4.69, 9.17) is 4.74 Å². The number of alkyl halides is 3. The molecule has 0 radical (unpaired) electrons. The van der Waals surface area contributed by atoms with E-state index >= 15 is 0 Å². The molecule has 3 aliphatic rings. The van der Waals surface area contributed by atoms with Gasteiger partial charge in [-0.1, -0.05) is 76.6 Å². The third-order valence-corrected chi connectivity index (χ3v) is 14.0. The second kappa shape index (κ2) is 20.5. The Morgan fingerprint density at radius 3 is 1.50 bits per heavy atom. The summed E-state index contributed by atoms with van der Waals surface area (Å²) in [5, 5.41) is 14.2. The predicted molar refractivity (Wildman–Crippen MR) is 279 cm³/mol. The minimum absolute atomic E-state index is 0. The number of rotatable bonds is 7. The number of aromatic amines is 3. The van der Waals surface area contributed by atoms with Crippen molar-refractivity contribution in [2.45, 2.75) is 82.1 Å². The summed E-state index contributed by atoms with van der Waals surface area (Å²) in [5.41, 5.74) is 13.7. The van der Waals surface area contributed by atoms with Gasteiger partial charge in [0.2, 0.25) is 0 Å². The van der Waals surface area contributed by atoms with Crippen LogP contribution in [0.5, 0.6) is 5.75 Å². The molecule has 12 rings (SSSR count). The van der Waals surface area contributed by atoms with Crippen molar-refractivity contribution in [2.24, 2.45) is 0 Å². The van der Waals surface area contributed by atoms with Crippen molar-refractivity contribution >= 4 is 78.1 Å². The number of anilines is 3. The Hall–Kier alpha value is -6.30. The first-order chi connectivity index (χ1) is 32.7. The van der Waals surface area contributed by atoms with Crippen molar-refractivity contribution in [3.63, 3.8) is 0 Å². The Morgan fingerprint density at radius 1 is 0.500 bits per heavy atom. The molecule has 0 amide bonds. The Balaban J connectivity index is 0.000000127. The molecule has 6 N–H and O–H groups in total. The summed E-state index contributed by atoms with van der Waals surface area (Å²) in [6.45, 7) is 0. The van der Waals surface area contributed by atoms with Gasteiger partial charge in [-0.05, 0) is 153 Å². The number of hydrogen-bond donors (Lipinski definition) is 6. The van der Waals surface area contributed by atoms with Crippen LogP contribution in [0.3, 0.4) is 0 Å². The highest BCUT2D eigenvalue weighted by Gasteiger charge is 2.32. The summed E-state index contributed by atoms with van der Waals surface area (Å²) < 4.78 is 45.4. The standard InChI is InChI=1S/C19H19BrN2O.C19H17F3N2.C18H18N2.ClH/c1-23-14-5-2-4-13(11-14)21-18-7-3-6-15-16-10-12(20)8-9-17(16)22-19(15)18;20-19(21,22)12-9-10-16-15(11-12)14-7-4-8-17(18(14)24-16)23-13-5-2-1-3-6-13;1-2-7-13(8-3-1)19-17-12-6-10-15-14-9-4-5-11-16(14)20-18(15)17;/h2,4-5,8-11,18,21-22H,3,6-7H2,1H3;1-3,5-6,9-11,17,23-24H,4,7-8H2;1-5,7-9,11,17,19-20H,6,10,12H2;1H. The van der Waals surface area contributed by atoms with Crippen molar-refractivity contribution in [1.29, 1.82) is 0 Å². The Labute approximate surface area is 409 Å². The lowest BCUT2D eigenvalue weighted by Crippen LogP contribution is -2.17. The number of aromatic nitrogens is 3. The Morgan fingerprint density at radius 2 is 0.956 bits per heavy atom. The summed E-state index contributed by atoms with van der Waals surface area (Å²) in [4.78, 5) is 10.6. The number of ether oxygens (including phenoxy) is 1. The number of aryl methyl sites for hydroxylation is 3. The molecule has 6 aromatic carbocycles. The number of methoxy groups -OCH3 is 1. The van der Waals surface area contributed by atoms with Gasteiger partial charge in [0.05, 0.1) is 30.8 Å². The van der Waals surface area contributed by atoms with Crippen molar-refractivity contribution in [1.82, 2.24) is 15.0 Å². The molecule has 0 spiro atoms. The van der Waals surface area contributed by atoms with Gasteiger partial charge in [-0.2, -0.15) is 13.2 Å². The van der Waals surface area contributed by atoms with E-state index in [9.17, 15) is 13.2 Å². The maximum atomic E-state index is 13.0. The van der Waals surface area contributed by atoms with Gasteiger partial charge in [0, 0.05) is 77.4 Å². The van der Waals surface area contributed by atoms with Crippen LogP contribution in [0, 0.1) is 0 Å². The quantitative estimate of drug-likeness (QED) is 0.0959. The third-order valence-electron chi connectivity index (χ3n) is 13.5. The zero-order valence-corrected chi connectivity index (χ0v) is 40.2. The van der Waals surface area contributed by atoms with Crippen LogP contribution in [0.1, 0.15) is 96.0 Å². The average Bonchev–Trinajstić information content (AvgIpc) is 4.05. The molecule has 0 saturated heterocycles. The highest BCUT2D eigenvalue weighted by molar-refractivity contribution is 9.10. The lowest BCUT2D eigenvalue weighted by molar-refractivity contribution is -0.137. The number of halogens is 5. The fraction of sp³-hybridized carbons (Fsp3) is 0.250. The van der Waals surface area contributed by atoms with Gasteiger partial charge in [-0.3, -0.25) is 0 Å². The minimum atomic E-state index is -4.31. The fourth-order valence-electron chi connectivity index (χ4n) is 10.3. The van der Waals surface area contributed by atoms with Crippen LogP contribution in [-0.4, -0.2) is 22.1 Å². The van der Waals surface area contributed by atoms with Gasteiger partial charge >= 0.3 is 6.18 Å². The van der Waals surface area contributed by atoms with Crippen LogP contribution in [0.2, 0.25) is 0 Å². The summed E-state index contributed by atoms with van der Waals surface area (Å²) in [7, 11) is 1.70. The molecule has 9 aromatic rings. The first-order valence-electron chi connectivity index (χ1n) is 23.3. The van der Waals surface area contributed by atoms with Crippen molar-refractivity contribution in [3.05, 3.63) is 189 Å². The lowest BCUT2D eigenvalue weighted by atomic mass is 9.91. The molecule has 0 fully saturated rings. The predicted octanol–water partition coefficient (Wildman–Crippen LogP) is 16.2. The van der Waals surface area contributed by atoms with Crippen LogP contribution in [0.25, 0.3) is 32.7 Å². The van der Waals surface area contributed by atoms with E-state index in [1.54, 1.807) is 7.11 Å². The average molecular weight is 1000 g/mol. The van der Waals surface area contributed by atoms with E-state index in [1.165, 1.54) is 87.8 Å². The molecule has 3 unspecified atom stereocenters. The summed E-state index contributed by atoms with van der Waals surface area (Å²) in [6, 6.07) is 48.4. The first kappa shape index (κ1) is 46.8. The molecular weight excluding hydrogens is 945 g/mol. The number of fused-ring (bicyclic) bond motifs is 9. The molecular formula is C56H55BrClF3N6O. The summed E-state index contributed by atoms with van der Waals surface area (Å²) >= 11 is 3.59. The molecule has 12 heteroatoms. The minimum Gasteiger partial charge on any atom is -0.497 e. The number of nitrogens with one attached hydrogen (secondary N) is 6. The zero-order chi connectivity index (χ0) is 45.9. The van der Waals surface area contributed by atoms with Gasteiger partial charge in [0.15, 0.2) is 0 Å². The van der Waals surface area contributed by atoms with E-state index < -0.39 is 11.7 Å². The summed E-state index contributed by atoms with van der Waals surface area (Å²) in [5.74, 6) is 0.881. The van der Waals surface area contributed by atoms with E-state index in [2.05, 4.69) is 126 Å². The maximum absolute atomic E-state index is 13.0. The SMILES string of the molecule is COc1cccc(NC2CCCc3c2[nH]c2ccc(Br)cc32)c1.Cl.FC(F)(F)c1ccc2[nH]c3c(c2c1)CCCC3Nc1ccccc1.c1ccc(NC2CCCc3c2[nH]c2ccccc32)cc1. The molecule has 7 nitrogen and oxygen atoms in total. The van der Waals surface area contributed by atoms with Crippen molar-refractivity contribution < 1.29 is 17.9 Å². The smallest absolute Gasteiger partial charge is 0.416 e. The molecule has 3 heterocycles. The normalized spacial score (nSPS) is 17.3. The zero-order valence-electron chi connectivity index (χ0n) is 37.8. The molecule has 3 aromatic heterocycles. The molecule has 0 saturated carbocycles. The second-order valence-corrected chi connectivity index (χ2v) is 18.7. The highest BCUT2D eigenvalue weighted by Crippen LogP contribution is 2.41. The van der Waals surface area contributed by atoms with Gasteiger partial charge in [-0.25, -0.2) is 0 Å². The molecule has 68 heavy (non-hydrogen) atoms. The van der Waals surface area contributed by atoms with Crippen LogP contribution in [-0.2, 0) is 25.4 Å². The van der Waals surface area contributed by atoms with Gasteiger partial charge in [0.25, 0.3) is 0 Å². The van der Waals surface area contributed by atoms with Crippen LogP contribution >= 0.6 is 28.3 Å².